The second-order valence-corrected chi connectivity index (χ2v) is 7.55. The van der Waals surface area contributed by atoms with Gasteiger partial charge in [-0.1, -0.05) is 6.07 Å². The van der Waals surface area contributed by atoms with Crippen molar-refractivity contribution in [3.8, 4) is 22.4 Å². The quantitative estimate of drug-likeness (QED) is 0.625. The molecule has 0 saturated carbocycles. The van der Waals surface area contributed by atoms with Gasteiger partial charge in [0.25, 0.3) is 5.91 Å². The minimum Gasteiger partial charge on any atom is -0.322 e. The van der Waals surface area contributed by atoms with Gasteiger partial charge in [-0.3, -0.25) is 19.7 Å². The highest BCUT2D eigenvalue weighted by molar-refractivity contribution is 6.05. The van der Waals surface area contributed by atoms with Crippen molar-refractivity contribution in [3.63, 3.8) is 0 Å². The molecule has 32 heavy (non-hydrogen) atoms. The molecule has 9 nitrogen and oxygen atoms in total. The van der Waals surface area contributed by atoms with E-state index in [-0.39, 0.29) is 36.9 Å². The summed E-state index contributed by atoms with van der Waals surface area (Å²) in [4.78, 5) is 45.8. The summed E-state index contributed by atoms with van der Waals surface area (Å²) in [5, 5.41) is 6.26. The molecule has 4 heterocycles. The molecule has 162 valence electrons. The van der Waals surface area contributed by atoms with Crippen LogP contribution in [0.3, 0.4) is 0 Å². The second kappa shape index (κ2) is 7.59. The summed E-state index contributed by atoms with van der Waals surface area (Å²) in [6, 6.07) is 4.28. The minimum atomic E-state index is -2.83. The molecule has 5 rings (SSSR count). The number of halogens is 2. The number of nitrogens with one attached hydrogen (secondary N) is 1. The molecule has 0 radical (unpaired) electrons. The van der Waals surface area contributed by atoms with Crippen LogP contribution in [0, 0.1) is 0 Å². The molecule has 2 aliphatic heterocycles. The van der Waals surface area contributed by atoms with Gasteiger partial charge in [-0.2, -0.15) is 13.9 Å². The number of aromatic nitrogens is 4. The number of hydrogen-bond acceptors (Lipinski definition) is 6. The Morgan fingerprint density at radius 1 is 1.06 bits per heavy atom. The Kier molecular flexibility index (Phi) is 4.72. The Bertz CT molecular complexity index is 1240. The standard InChI is InChI=1S/C21H16F2N6O3/c22-21(23)29-9-15(18(27-29)13-6-24-10-25-7-13)11-1-2-14-12(5-11)8-28(20(14)32)16-3-4-17(30)26-19(16)31/h1-2,5-7,9-10,16,21H,3-4,8H2,(H,26,30,31). The number of nitrogens with zero attached hydrogens (tertiary/aromatic N) is 5. The first kappa shape index (κ1) is 19.9. The van der Waals surface area contributed by atoms with E-state index < -0.39 is 18.5 Å². The first-order chi connectivity index (χ1) is 15.4. The number of carbonyl (C=O) groups excluding carboxylic acids is 3. The summed E-state index contributed by atoms with van der Waals surface area (Å²) in [5.41, 5.74) is 2.89. The first-order valence-corrected chi connectivity index (χ1v) is 9.83. The second-order valence-electron chi connectivity index (χ2n) is 7.55. The molecular weight excluding hydrogens is 422 g/mol. The van der Waals surface area contributed by atoms with Crippen molar-refractivity contribution in [1.29, 1.82) is 0 Å². The van der Waals surface area contributed by atoms with Gasteiger partial charge in [0, 0.05) is 48.2 Å². The van der Waals surface area contributed by atoms with Gasteiger partial charge in [-0.05, 0) is 29.7 Å². The Balaban J connectivity index is 1.51. The normalized spacial score (nSPS) is 18.3. The van der Waals surface area contributed by atoms with E-state index in [2.05, 4.69) is 20.4 Å². The summed E-state index contributed by atoms with van der Waals surface area (Å²) in [5.74, 6) is -1.15. The van der Waals surface area contributed by atoms with Crippen LogP contribution in [-0.4, -0.2) is 48.4 Å². The summed E-state index contributed by atoms with van der Waals surface area (Å²) in [7, 11) is 0. The molecule has 1 unspecified atom stereocenters. The highest BCUT2D eigenvalue weighted by Gasteiger charge is 2.39. The van der Waals surface area contributed by atoms with Gasteiger partial charge in [0.1, 0.15) is 18.1 Å². The summed E-state index contributed by atoms with van der Waals surface area (Å²) in [6.07, 6.45) is 5.96. The van der Waals surface area contributed by atoms with E-state index in [4.69, 9.17) is 0 Å². The van der Waals surface area contributed by atoms with E-state index in [1.807, 2.05) is 0 Å². The van der Waals surface area contributed by atoms with Crippen molar-refractivity contribution < 1.29 is 23.2 Å². The van der Waals surface area contributed by atoms with Gasteiger partial charge in [-0.15, -0.1) is 0 Å². The smallest absolute Gasteiger partial charge is 0.322 e. The summed E-state index contributed by atoms with van der Waals surface area (Å²) < 4.78 is 27.2. The Labute approximate surface area is 180 Å². The van der Waals surface area contributed by atoms with Crippen molar-refractivity contribution in [2.45, 2.75) is 32.0 Å². The largest absolute Gasteiger partial charge is 0.333 e. The molecule has 1 atom stereocenters. The Morgan fingerprint density at radius 2 is 1.84 bits per heavy atom. The number of imide groups is 1. The van der Waals surface area contributed by atoms with Crippen LogP contribution in [0.5, 0.6) is 0 Å². The SMILES string of the molecule is O=C1CCC(N2Cc3cc(-c4cn(C(F)F)nc4-c4cncnc4)ccc3C2=O)C(=O)N1. The maximum atomic E-state index is 13.3. The zero-order valence-corrected chi connectivity index (χ0v) is 16.5. The zero-order chi connectivity index (χ0) is 22.4. The predicted octanol–water partition coefficient (Wildman–Crippen LogP) is 2.16. The van der Waals surface area contributed by atoms with Crippen LogP contribution in [0.15, 0.2) is 43.1 Å². The van der Waals surface area contributed by atoms with Crippen molar-refractivity contribution >= 4 is 17.7 Å². The van der Waals surface area contributed by atoms with Gasteiger partial charge in [-0.25, -0.2) is 14.6 Å². The highest BCUT2D eigenvalue weighted by Crippen LogP contribution is 2.35. The molecule has 0 bridgehead atoms. The van der Waals surface area contributed by atoms with E-state index in [0.29, 0.717) is 32.5 Å². The molecule has 1 fully saturated rings. The van der Waals surface area contributed by atoms with Crippen LogP contribution < -0.4 is 5.32 Å². The van der Waals surface area contributed by atoms with Gasteiger partial charge in [0.05, 0.1) is 0 Å². The molecule has 1 saturated heterocycles. The fourth-order valence-electron chi connectivity index (χ4n) is 4.08. The van der Waals surface area contributed by atoms with Crippen molar-refractivity contribution in [1.82, 2.24) is 30.0 Å². The molecule has 3 aromatic rings. The number of carbonyl (C=O) groups is 3. The van der Waals surface area contributed by atoms with E-state index >= 15 is 0 Å². The third kappa shape index (κ3) is 3.31. The van der Waals surface area contributed by atoms with Gasteiger partial charge in [0.15, 0.2) is 0 Å². The number of benzene rings is 1. The van der Waals surface area contributed by atoms with E-state index in [1.165, 1.54) is 29.8 Å². The Hall–Kier alpha value is -4.02. The van der Waals surface area contributed by atoms with Crippen LogP contribution >= 0.6 is 0 Å². The maximum Gasteiger partial charge on any atom is 0.333 e. The van der Waals surface area contributed by atoms with E-state index in [1.54, 1.807) is 18.2 Å². The fraction of sp³-hybridized carbons (Fsp3) is 0.238. The topological polar surface area (TPSA) is 110 Å². The maximum absolute atomic E-state index is 13.3. The van der Waals surface area contributed by atoms with Gasteiger partial charge < -0.3 is 4.90 Å². The van der Waals surface area contributed by atoms with Crippen molar-refractivity contribution in [2.75, 3.05) is 0 Å². The lowest BCUT2D eigenvalue weighted by Gasteiger charge is -2.29. The summed E-state index contributed by atoms with van der Waals surface area (Å²) in [6.45, 7) is -2.65. The van der Waals surface area contributed by atoms with E-state index in [9.17, 15) is 23.2 Å². The van der Waals surface area contributed by atoms with Gasteiger partial charge >= 0.3 is 6.55 Å². The molecule has 0 spiro atoms. The lowest BCUT2D eigenvalue weighted by molar-refractivity contribution is -0.136. The average Bonchev–Trinajstić information content (AvgIpc) is 3.36. The lowest BCUT2D eigenvalue weighted by Crippen LogP contribution is -2.52. The number of hydrogen-bond donors (Lipinski definition) is 1. The van der Waals surface area contributed by atoms with Crippen molar-refractivity contribution in [3.05, 3.63) is 54.2 Å². The molecule has 1 aromatic carbocycles. The van der Waals surface area contributed by atoms with Crippen LogP contribution in [0.4, 0.5) is 8.78 Å². The number of amides is 3. The van der Waals surface area contributed by atoms with Crippen molar-refractivity contribution in [2.24, 2.45) is 0 Å². The molecule has 11 heteroatoms. The van der Waals surface area contributed by atoms with Crippen LogP contribution in [0.2, 0.25) is 0 Å². The lowest BCUT2D eigenvalue weighted by atomic mass is 9.99. The average molecular weight is 438 g/mol. The fourth-order valence-corrected chi connectivity index (χ4v) is 4.08. The predicted molar refractivity (Wildman–Crippen MR) is 106 cm³/mol. The van der Waals surface area contributed by atoms with Gasteiger partial charge in [0.2, 0.25) is 11.8 Å². The minimum absolute atomic E-state index is 0.164. The molecule has 0 aliphatic carbocycles. The molecule has 3 amide bonds. The van der Waals surface area contributed by atoms with E-state index in [0.717, 1.165) is 0 Å². The molecular formula is C21H16F2N6O3. The number of piperidine rings is 1. The van der Waals surface area contributed by atoms with Crippen LogP contribution in [0.1, 0.15) is 35.3 Å². The number of alkyl halides is 2. The zero-order valence-electron chi connectivity index (χ0n) is 16.5. The molecule has 2 aliphatic rings. The third-order valence-electron chi connectivity index (χ3n) is 5.60. The number of fused-ring (bicyclic) bond motifs is 1. The molecule has 1 N–H and O–H groups in total. The highest BCUT2D eigenvalue weighted by atomic mass is 19.3. The monoisotopic (exact) mass is 438 g/mol. The van der Waals surface area contributed by atoms with Crippen LogP contribution in [-0.2, 0) is 16.1 Å². The Morgan fingerprint density at radius 3 is 2.56 bits per heavy atom. The summed E-state index contributed by atoms with van der Waals surface area (Å²) >= 11 is 0. The molecule has 2 aromatic heterocycles. The first-order valence-electron chi connectivity index (χ1n) is 9.83. The number of rotatable bonds is 4. The third-order valence-corrected chi connectivity index (χ3v) is 5.60. The van der Waals surface area contributed by atoms with Crippen LogP contribution in [0.25, 0.3) is 22.4 Å².